The number of anilines is 3. The molecule has 2 amide bonds. The highest BCUT2D eigenvalue weighted by Crippen LogP contribution is 2.32. The van der Waals surface area contributed by atoms with Crippen molar-refractivity contribution < 1.29 is 4.79 Å². The lowest BCUT2D eigenvalue weighted by molar-refractivity contribution is 0.256. The highest BCUT2D eigenvalue weighted by molar-refractivity contribution is 6.04. The second-order valence-electron chi connectivity index (χ2n) is 6.85. The number of amides is 2. The van der Waals surface area contributed by atoms with Gasteiger partial charge >= 0.3 is 6.03 Å². The third kappa shape index (κ3) is 3.69. The van der Waals surface area contributed by atoms with Gasteiger partial charge in [0, 0.05) is 31.5 Å². The van der Waals surface area contributed by atoms with Crippen molar-refractivity contribution in [3.8, 4) is 0 Å². The number of nitrogens with one attached hydrogen (secondary N) is 1. The number of urea groups is 1. The summed E-state index contributed by atoms with van der Waals surface area (Å²) in [5.41, 5.74) is 4.07. The van der Waals surface area contributed by atoms with Crippen LogP contribution < -0.4 is 15.1 Å². The monoisotopic (exact) mass is 372 g/mol. The predicted molar refractivity (Wildman–Crippen MR) is 114 cm³/mol. The average Bonchev–Trinajstić information content (AvgIpc) is 2.75. The Hall–Kier alpha value is -3.34. The third-order valence-electron chi connectivity index (χ3n) is 5.05. The van der Waals surface area contributed by atoms with Crippen LogP contribution in [0.15, 0.2) is 72.9 Å². The van der Waals surface area contributed by atoms with Crippen LogP contribution in [0.5, 0.6) is 0 Å². The fraction of sp³-hybridized carbons (Fsp3) is 0.217. The molecule has 28 heavy (non-hydrogen) atoms. The normalized spacial score (nSPS) is 13.2. The summed E-state index contributed by atoms with van der Waals surface area (Å²) in [6.07, 6.45) is 2.66. The number of hydrogen-bond acceptors (Lipinski definition) is 3. The first-order valence-electron chi connectivity index (χ1n) is 9.66. The lowest BCUT2D eigenvalue weighted by Crippen LogP contribution is -2.46. The number of benzene rings is 2. The summed E-state index contributed by atoms with van der Waals surface area (Å²) >= 11 is 0. The standard InChI is InChI=1S/C23H24N4O/c1-2-19-11-6-7-12-20(19)25-23(28)27-16-15-26(17-18-9-4-3-5-10-18)22-21(27)13-8-14-24-22/h3-14H,2,15-17H2,1H3,(H,25,28). The van der Waals surface area contributed by atoms with Crippen LogP contribution in [-0.2, 0) is 13.0 Å². The predicted octanol–water partition coefficient (Wildman–Crippen LogP) is 4.70. The summed E-state index contributed by atoms with van der Waals surface area (Å²) < 4.78 is 0. The number of pyridine rings is 1. The number of hydrogen-bond donors (Lipinski definition) is 1. The zero-order chi connectivity index (χ0) is 19.3. The second-order valence-corrected chi connectivity index (χ2v) is 6.85. The van der Waals surface area contributed by atoms with E-state index in [1.54, 1.807) is 11.1 Å². The van der Waals surface area contributed by atoms with E-state index in [1.807, 2.05) is 54.6 Å². The first-order chi connectivity index (χ1) is 13.8. The molecule has 0 radical (unpaired) electrons. The minimum atomic E-state index is -0.116. The Morgan fingerprint density at radius 1 is 1.00 bits per heavy atom. The van der Waals surface area contributed by atoms with Gasteiger partial charge in [0.1, 0.15) is 0 Å². The van der Waals surface area contributed by atoms with E-state index in [0.717, 1.165) is 42.3 Å². The Morgan fingerprint density at radius 3 is 2.61 bits per heavy atom. The molecule has 0 unspecified atom stereocenters. The first-order valence-corrected chi connectivity index (χ1v) is 9.66. The Bertz CT molecular complexity index is 958. The van der Waals surface area contributed by atoms with Gasteiger partial charge in [0.05, 0.1) is 5.69 Å². The van der Waals surface area contributed by atoms with Crippen LogP contribution in [0.2, 0.25) is 0 Å². The number of para-hydroxylation sites is 1. The molecule has 2 heterocycles. The fourth-order valence-corrected chi connectivity index (χ4v) is 3.59. The van der Waals surface area contributed by atoms with Crippen LogP contribution in [0.25, 0.3) is 0 Å². The maximum Gasteiger partial charge on any atom is 0.326 e. The molecule has 4 rings (SSSR count). The van der Waals surface area contributed by atoms with E-state index in [1.165, 1.54) is 5.56 Å². The molecular formula is C23H24N4O. The fourth-order valence-electron chi connectivity index (χ4n) is 3.59. The third-order valence-corrected chi connectivity index (χ3v) is 5.05. The van der Waals surface area contributed by atoms with Crippen molar-refractivity contribution in [2.75, 3.05) is 28.2 Å². The Kier molecular flexibility index (Phi) is 5.24. The van der Waals surface area contributed by atoms with Crippen LogP contribution in [0, 0.1) is 0 Å². The van der Waals surface area contributed by atoms with Crippen LogP contribution in [0.1, 0.15) is 18.1 Å². The summed E-state index contributed by atoms with van der Waals surface area (Å²) in [5.74, 6) is 0.844. The van der Waals surface area contributed by atoms with Gasteiger partial charge in [0.25, 0.3) is 0 Å². The maximum absolute atomic E-state index is 13.0. The van der Waals surface area contributed by atoms with Gasteiger partial charge in [0.15, 0.2) is 5.82 Å². The summed E-state index contributed by atoms with van der Waals surface area (Å²) in [7, 11) is 0. The van der Waals surface area contributed by atoms with Gasteiger partial charge in [-0.3, -0.25) is 4.90 Å². The van der Waals surface area contributed by atoms with E-state index in [9.17, 15) is 4.79 Å². The first kappa shape index (κ1) is 18.0. The molecule has 1 N–H and O–H groups in total. The number of carbonyl (C=O) groups excluding carboxylic acids is 1. The molecule has 5 heteroatoms. The summed E-state index contributed by atoms with van der Waals surface area (Å²) in [5, 5.41) is 3.08. The smallest absolute Gasteiger partial charge is 0.326 e. The zero-order valence-corrected chi connectivity index (χ0v) is 16.0. The van der Waals surface area contributed by atoms with Crippen molar-refractivity contribution >= 4 is 23.2 Å². The van der Waals surface area contributed by atoms with Crippen molar-refractivity contribution in [2.45, 2.75) is 19.9 Å². The minimum absolute atomic E-state index is 0.116. The van der Waals surface area contributed by atoms with E-state index in [-0.39, 0.29) is 6.03 Å². The largest absolute Gasteiger partial charge is 0.349 e. The second kappa shape index (κ2) is 8.13. The Morgan fingerprint density at radius 2 is 1.79 bits per heavy atom. The highest BCUT2D eigenvalue weighted by Gasteiger charge is 2.28. The molecule has 1 aliphatic heterocycles. The van der Waals surface area contributed by atoms with Crippen molar-refractivity contribution in [3.63, 3.8) is 0 Å². The molecule has 142 valence electrons. The van der Waals surface area contributed by atoms with E-state index in [4.69, 9.17) is 0 Å². The zero-order valence-electron chi connectivity index (χ0n) is 16.0. The number of aromatic nitrogens is 1. The van der Waals surface area contributed by atoms with Gasteiger partial charge in [-0.1, -0.05) is 55.5 Å². The Labute approximate surface area is 165 Å². The van der Waals surface area contributed by atoms with Gasteiger partial charge in [-0.15, -0.1) is 0 Å². The van der Waals surface area contributed by atoms with Crippen LogP contribution in [0.3, 0.4) is 0 Å². The van der Waals surface area contributed by atoms with Crippen molar-refractivity contribution in [1.82, 2.24) is 4.98 Å². The van der Waals surface area contributed by atoms with Crippen molar-refractivity contribution in [3.05, 3.63) is 84.1 Å². The molecule has 0 saturated carbocycles. The van der Waals surface area contributed by atoms with Crippen LogP contribution >= 0.6 is 0 Å². The minimum Gasteiger partial charge on any atom is -0.349 e. The van der Waals surface area contributed by atoms with E-state index in [0.29, 0.717) is 6.54 Å². The van der Waals surface area contributed by atoms with Gasteiger partial charge in [-0.2, -0.15) is 0 Å². The molecular weight excluding hydrogens is 348 g/mol. The number of nitrogens with zero attached hydrogens (tertiary/aromatic N) is 3. The molecule has 0 atom stereocenters. The van der Waals surface area contributed by atoms with Crippen LogP contribution in [-0.4, -0.2) is 24.1 Å². The SMILES string of the molecule is CCc1ccccc1NC(=O)N1CCN(Cc2ccccc2)c2ncccc21. The maximum atomic E-state index is 13.0. The van der Waals surface area contributed by atoms with Gasteiger partial charge in [-0.05, 0) is 35.7 Å². The number of rotatable bonds is 4. The molecule has 0 aliphatic carbocycles. The molecule has 2 aromatic carbocycles. The molecule has 0 saturated heterocycles. The lowest BCUT2D eigenvalue weighted by atomic mass is 10.1. The topological polar surface area (TPSA) is 48.5 Å². The van der Waals surface area contributed by atoms with Crippen molar-refractivity contribution in [2.24, 2.45) is 0 Å². The number of fused-ring (bicyclic) bond motifs is 1. The molecule has 0 bridgehead atoms. The quantitative estimate of drug-likeness (QED) is 0.722. The van der Waals surface area contributed by atoms with Crippen molar-refractivity contribution in [1.29, 1.82) is 0 Å². The van der Waals surface area contributed by atoms with Gasteiger partial charge < -0.3 is 10.2 Å². The molecule has 1 aromatic heterocycles. The van der Waals surface area contributed by atoms with E-state index < -0.39 is 0 Å². The van der Waals surface area contributed by atoms with Crippen LogP contribution in [0.4, 0.5) is 22.0 Å². The molecule has 0 fully saturated rings. The summed E-state index contributed by atoms with van der Waals surface area (Å²) in [6, 6.07) is 22.0. The van der Waals surface area contributed by atoms with E-state index >= 15 is 0 Å². The number of aryl methyl sites for hydroxylation is 1. The van der Waals surface area contributed by atoms with Gasteiger partial charge in [0.2, 0.25) is 0 Å². The molecule has 5 nitrogen and oxygen atoms in total. The van der Waals surface area contributed by atoms with E-state index in [2.05, 4.69) is 34.3 Å². The van der Waals surface area contributed by atoms with Gasteiger partial charge in [-0.25, -0.2) is 9.78 Å². The Balaban J connectivity index is 1.57. The summed E-state index contributed by atoms with van der Waals surface area (Å²) in [4.78, 5) is 21.6. The molecule has 0 spiro atoms. The lowest BCUT2D eigenvalue weighted by Gasteiger charge is -2.36. The highest BCUT2D eigenvalue weighted by atomic mass is 16.2. The molecule has 3 aromatic rings. The summed E-state index contributed by atoms with van der Waals surface area (Å²) in [6.45, 7) is 4.22. The number of carbonyl (C=O) groups is 1. The molecule has 1 aliphatic rings. The average molecular weight is 372 g/mol.